The minimum atomic E-state index is 0.466. The Morgan fingerprint density at radius 2 is 1.31 bits per heavy atom. The van der Waals surface area contributed by atoms with Gasteiger partial charge in [-0.25, -0.2) is 9.59 Å². The van der Waals surface area contributed by atoms with Gasteiger partial charge in [-0.15, -0.1) is 35.3 Å². The first-order valence-corrected chi connectivity index (χ1v) is 6.68. The van der Waals surface area contributed by atoms with Gasteiger partial charge >= 0.3 is 0 Å². The summed E-state index contributed by atoms with van der Waals surface area (Å²) >= 11 is 4.81. The number of aliphatic imine (C=N–C) groups is 2. The molecule has 0 aliphatic carbocycles. The van der Waals surface area contributed by atoms with Gasteiger partial charge in [-0.05, 0) is 0 Å². The van der Waals surface area contributed by atoms with Crippen LogP contribution in [0.15, 0.2) is 9.98 Å². The van der Waals surface area contributed by atoms with E-state index in [1.807, 2.05) is 0 Å². The molecule has 0 aromatic heterocycles. The van der Waals surface area contributed by atoms with Crippen molar-refractivity contribution in [3.05, 3.63) is 0 Å². The molecule has 0 saturated carbocycles. The van der Waals surface area contributed by atoms with Gasteiger partial charge in [0.15, 0.2) is 0 Å². The maximum Gasteiger partial charge on any atom is 0.235 e. The first kappa shape index (κ1) is 12.8. The minimum absolute atomic E-state index is 0.466. The van der Waals surface area contributed by atoms with Crippen molar-refractivity contribution in [2.45, 2.75) is 0 Å². The largest absolute Gasteiger partial charge is 0.235 e. The molecule has 0 amide bonds. The highest BCUT2D eigenvalue weighted by Gasteiger charge is 1.89. The Balaban J connectivity index is 2.99. The van der Waals surface area contributed by atoms with Gasteiger partial charge in [0.2, 0.25) is 12.2 Å². The van der Waals surface area contributed by atoms with E-state index >= 15 is 0 Å². The van der Waals surface area contributed by atoms with Crippen LogP contribution >= 0.6 is 35.3 Å². The van der Waals surface area contributed by atoms with Gasteiger partial charge < -0.3 is 0 Å². The first-order valence-electron chi connectivity index (χ1n) is 3.22. The molecule has 0 aromatic carbocycles. The van der Waals surface area contributed by atoms with Gasteiger partial charge in [-0.2, -0.15) is 9.98 Å². The molecule has 0 N–H and O–H groups in total. The molecule has 0 unspecified atom stereocenters. The van der Waals surface area contributed by atoms with Crippen molar-refractivity contribution in [1.29, 1.82) is 0 Å². The van der Waals surface area contributed by atoms with Crippen molar-refractivity contribution in [2.24, 2.45) is 9.98 Å². The van der Waals surface area contributed by atoms with E-state index in [1.54, 1.807) is 35.3 Å². The SMILES string of the molecule is O=C=NCSCSCSCN=C=O. The van der Waals surface area contributed by atoms with Crippen LogP contribution in [0.2, 0.25) is 0 Å². The second-order valence-corrected chi connectivity index (χ2v) is 5.23. The summed E-state index contributed by atoms with van der Waals surface area (Å²) in [6.45, 7) is 0. The summed E-state index contributed by atoms with van der Waals surface area (Å²) in [7, 11) is 0. The van der Waals surface area contributed by atoms with Crippen molar-refractivity contribution in [2.75, 3.05) is 21.9 Å². The maximum atomic E-state index is 9.65. The Morgan fingerprint density at radius 3 is 1.69 bits per heavy atom. The number of hydrogen-bond acceptors (Lipinski definition) is 7. The third kappa shape index (κ3) is 11.8. The van der Waals surface area contributed by atoms with Crippen molar-refractivity contribution in [3.8, 4) is 0 Å². The summed E-state index contributed by atoms with van der Waals surface area (Å²) < 4.78 is 0. The summed E-state index contributed by atoms with van der Waals surface area (Å²) in [6, 6.07) is 0. The second kappa shape index (κ2) is 11.8. The Bertz CT molecular complexity index is 190. The predicted molar refractivity (Wildman–Crippen MR) is 58.5 cm³/mol. The van der Waals surface area contributed by atoms with Crippen LogP contribution < -0.4 is 0 Å². The molecule has 0 bridgehead atoms. The zero-order valence-electron chi connectivity index (χ0n) is 6.76. The van der Waals surface area contributed by atoms with E-state index in [1.165, 1.54) is 12.2 Å². The van der Waals surface area contributed by atoms with Crippen molar-refractivity contribution < 1.29 is 9.59 Å². The lowest BCUT2D eigenvalue weighted by Gasteiger charge is -1.96. The molecule has 0 atom stereocenters. The molecular weight excluding hydrogens is 228 g/mol. The Morgan fingerprint density at radius 1 is 0.846 bits per heavy atom. The topological polar surface area (TPSA) is 58.9 Å². The fraction of sp³-hybridized carbons (Fsp3) is 0.667. The number of rotatable bonds is 8. The smallest absolute Gasteiger partial charge is 0.211 e. The van der Waals surface area contributed by atoms with Gasteiger partial charge in [-0.3, -0.25) is 0 Å². The molecule has 0 radical (unpaired) electrons. The highest BCUT2D eigenvalue weighted by molar-refractivity contribution is 8.22. The summed E-state index contributed by atoms with van der Waals surface area (Å²) in [5.41, 5.74) is 0. The quantitative estimate of drug-likeness (QED) is 0.278. The number of hydrogen-bond donors (Lipinski definition) is 0. The Labute approximate surface area is 89.0 Å². The average Bonchev–Trinajstić information content (AvgIpc) is 2.16. The fourth-order valence-electron chi connectivity index (χ4n) is 0.370. The van der Waals surface area contributed by atoms with E-state index in [9.17, 15) is 9.59 Å². The van der Waals surface area contributed by atoms with Crippen LogP contribution in [0.25, 0.3) is 0 Å². The van der Waals surface area contributed by atoms with Crippen LogP contribution in [0.4, 0.5) is 0 Å². The standard InChI is InChI=1S/C6H8N2O2S3/c9-1-7-3-11-5-13-6-12-4-8-2-10/h3-6H2. The summed E-state index contributed by atoms with van der Waals surface area (Å²) in [6.07, 6.45) is 2.94. The van der Waals surface area contributed by atoms with Gasteiger partial charge in [0.05, 0.1) is 11.8 Å². The molecule has 4 nitrogen and oxygen atoms in total. The highest BCUT2D eigenvalue weighted by Crippen LogP contribution is 2.17. The average molecular weight is 236 g/mol. The molecular formula is C6H8N2O2S3. The lowest BCUT2D eigenvalue weighted by molar-refractivity contribution is 0.563. The number of nitrogens with zero attached hydrogens (tertiary/aromatic N) is 2. The summed E-state index contributed by atoms with van der Waals surface area (Å²) in [5, 5.41) is 1.76. The van der Waals surface area contributed by atoms with E-state index in [2.05, 4.69) is 9.98 Å². The molecule has 72 valence electrons. The molecule has 0 spiro atoms. The predicted octanol–water partition coefficient (Wildman–Crippen LogP) is 1.69. The lowest BCUT2D eigenvalue weighted by Crippen LogP contribution is -1.77. The Hall–Kier alpha value is -0.190. The number of isocyanates is 2. The summed E-state index contributed by atoms with van der Waals surface area (Å²) in [4.78, 5) is 26.1. The monoisotopic (exact) mass is 236 g/mol. The van der Waals surface area contributed by atoms with E-state index < -0.39 is 0 Å². The van der Waals surface area contributed by atoms with E-state index in [0.717, 1.165) is 10.2 Å². The van der Waals surface area contributed by atoms with Crippen molar-refractivity contribution in [3.63, 3.8) is 0 Å². The van der Waals surface area contributed by atoms with Crippen LogP contribution in [-0.4, -0.2) is 34.1 Å². The van der Waals surface area contributed by atoms with Gasteiger partial charge in [0, 0.05) is 10.2 Å². The highest BCUT2D eigenvalue weighted by atomic mass is 32.2. The maximum absolute atomic E-state index is 9.65. The third-order valence-electron chi connectivity index (χ3n) is 0.774. The second-order valence-electron chi connectivity index (χ2n) is 1.61. The van der Waals surface area contributed by atoms with Crippen LogP contribution in [0.5, 0.6) is 0 Å². The fourth-order valence-corrected chi connectivity index (χ4v) is 3.08. The lowest BCUT2D eigenvalue weighted by atomic mass is 11.4. The molecule has 0 aliphatic rings. The van der Waals surface area contributed by atoms with Gasteiger partial charge in [0.25, 0.3) is 0 Å². The van der Waals surface area contributed by atoms with Crippen molar-refractivity contribution in [1.82, 2.24) is 0 Å². The Kier molecular flexibility index (Phi) is 11.6. The molecule has 7 heteroatoms. The van der Waals surface area contributed by atoms with Gasteiger partial charge in [0.1, 0.15) is 0 Å². The first-order chi connectivity index (χ1) is 6.41. The molecule has 0 aliphatic heterocycles. The molecule has 0 rings (SSSR count). The third-order valence-corrected chi connectivity index (χ3v) is 4.06. The van der Waals surface area contributed by atoms with E-state index in [4.69, 9.17) is 0 Å². The van der Waals surface area contributed by atoms with E-state index in [-0.39, 0.29) is 0 Å². The zero-order valence-corrected chi connectivity index (χ0v) is 9.21. The van der Waals surface area contributed by atoms with Crippen LogP contribution in [0.3, 0.4) is 0 Å². The molecule has 0 saturated heterocycles. The van der Waals surface area contributed by atoms with Crippen LogP contribution in [0, 0.1) is 0 Å². The molecule has 0 aromatic rings. The molecule has 0 heterocycles. The number of carbonyl (C=O) groups excluding carboxylic acids is 2. The zero-order chi connectivity index (χ0) is 9.78. The molecule has 0 fully saturated rings. The van der Waals surface area contributed by atoms with Gasteiger partial charge in [-0.1, -0.05) is 0 Å². The van der Waals surface area contributed by atoms with Crippen LogP contribution in [0.1, 0.15) is 0 Å². The normalized spacial score (nSPS) is 8.62. The van der Waals surface area contributed by atoms with Crippen LogP contribution in [-0.2, 0) is 9.59 Å². The number of thioether (sulfide) groups is 3. The minimum Gasteiger partial charge on any atom is -0.211 e. The molecule has 13 heavy (non-hydrogen) atoms. The summed E-state index contributed by atoms with van der Waals surface area (Å²) in [5.74, 6) is 0.932. The van der Waals surface area contributed by atoms with E-state index in [0.29, 0.717) is 11.8 Å². The van der Waals surface area contributed by atoms with Crippen molar-refractivity contribution >= 4 is 47.4 Å².